The maximum Gasteiger partial charge on any atom is 0.312 e. The van der Waals surface area contributed by atoms with Crippen molar-refractivity contribution in [3.05, 3.63) is 24.3 Å². The molecular formula is C22H34O8. The SMILES string of the molecule is CO[C@H]1COC(=O)C/C=C/[C@H](C)[C@@H](OC)COC(=O)[C@@H](C)COC(=O)C/C=C/[C@@H]1C. The molecule has 170 valence electrons. The van der Waals surface area contributed by atoms with Crippen molar-refractivity contribution in [1.29, 1.82) is 0 Å². The van der Waals surface area contributed by atoms with Crippen LogP contribution in [0.2, 0.25) is 0 Å². The van der Waals surface area contributed by atoms with E-state index in [2.05, 4.69) is 0 Å². The summed E-state index contributed by atoms with van der Waals surface area (Å²) in [4.78, 5) is 36.0. The summed E-state index contributed by atoms with van der Waals surface area (Å²) in [5, 5.41) is 0. The first-order valence-electron chi connectivity index (χ1n) is 10.1. The highest BCUT2D eigenvalue weighted by Crippen LogP contribution is 2.13. The van der Waals surface area contributed by atoms with Gasteiger partial charge in [0.25, 0.3) is 0 Å². The number of ether oxygens (including phenoxy) is 5. The lowest BCUT2D eigenvalue weighted by molar-refractivity contribution is -0.157. The van der Waals surface area contributed by atoms with E-state index in [9.17, 15) is 14.4 Å². The van der Waals surface area contributed by atoms with E-state index in [0.29, 0.717) is 0 Å². The van der Waals surface area contributed by atoms with E-state index in [-0.39, 0.29) is 62.7 Å². The van der Waals surface area contributed by atoms with Crippen molar-refractivity contribution >= 4 is 17.9 Å². The minimum absolute atomic E-state index is 0.0508. The second kappa shape index (κ2) is 13.9. The first kappa shape index (κ1) is 25.8. The Kier molecular flexibility index (Phi) is 12.0. The van der Waals surface area contributed by atoms with Gasteiger partial charge < -0.3 is 23.7 Å². The van der Waals surface area contributed by atoms with Crippen molar-refractivity contribution in [1.82, 2.24) is 0 Å². The van der Waals surface area contributed by atoms with Crippen molar-refractivity contribution < 1.29 is 38.1 Å². The molecule has 30 heavy (non-hydrogen) atoms. The molecule has 0 unspecified atom stereocenters. The molecule has 0 fully saturated rings. The van der Waals surface area contributed by atoms with Gasteiger partial charge in [0.05, 0.1) is 31.0 Å². The number of methoxy groups -OCH3 is 2. The summed E-state index contributed by atoms with van der Waals surface area (Å²) >= 11 is 0. The molecule has 0 spiro atoms. The van der Waals surface area contributed by atoms with Crippen LogP contribution < -0.4 is 0 Å². The molecule has 1 rings (SSSR count). The Bertz CT molecular complexity index is 612. The lowest BCUT2D eigenvalue weighted by Gasteiger charge is -2.21. The van der Waals surface area contributed by atoms with Crippen LogP contribution >= 0.6 is 0 Å². The van der Waals surface area contributed by atoms with Gasteiger partial charge in [-0.1, -0.05) is 38.2 Å². The van der Waals surface area contributed by atoms with Crippen LogP contribution in [-0.2, 0) is 38.1 Å². The number of hydrogen-bond acceptors (Lipinski definition) is 8. The maximum atomic E-state index is 12.1. The molecule has 1 heterocycles. The van der Waals surface area contributed by atoms with Gasteiger partial charge in [-0.2, -0.15) is 0 Å². The topological polar surface area (TPSA) is 97.4 Å². The van der Waals surface area contributed by atoms with Gasteiger partial charge in [0, 0.05) is 26.1 Å². The summed E-state index contributed by atoms with van der Waals surface area (Å²) in [6, 6.07) is 0. The molecule has 0 aliphatic carbocycles. The van der Waals surface area contributed by atoms with Gasteiger partial charge in [-0.25, -0.2) is 0 Å². The molecule has 8 nitrogen and oxygen atoms in total. The number of carbonyl (C=O) groups is 3. The maximum absolute atomic E-state index is 12.1. The molecule has 0 saturated carbocycles. The lowest BCUT2D eigenvalue weighted by Crippen LogP contribution is -2.30. The number of cyclic esters (lactones) is 3. The van der Waals surface area contributed by atoms with Crippen LogP contribution in [0.25, 0.3) is 0 Å². The number of carbonyl (C=O) groups excluding carboxylic acids is 3. The Labute approximate surface area is 178 Å². The third kappa shape index (κ3) is 9.54. The molecule has 1 aliphatic rings. The molecule has 8 heteroatoms. The molecule has 0 saturated heterocycles. The van der Waals surface area contributed by atoms with Gasteiger partial charge in [0.15, 0.2) is 0 Å². The summed E-state index contributed by atoms with van der Waals surface area (Å²) in [6.45, 7) is 5.56. The molecule has 0 bridgehead atoms. The van der Waals surface area contributed by atoms with E-state index in [4.69, 9.17) is 23.7 Å². The summed E-state index contributed by atoms with van der Waals surface area (Å²) in [7, 11) is 3.07. The fourth-order valence-electron chi connectivity index (χ4n) is 2.76. The summed E-state index contributed by atoms with van der Waals surface area (Å²) in [5.41, 5.74) is 0. The fourth-order valence-corrected chi connectivity index (χ4v) is 2.76. The predicted octanol–water partition coefficient (Wildman–Crippen LogP) is 2.46. The van der Waals surface area contributed by atoms with Crippen molar-refractivity contribution in [2.24, 2.45) is 17.8 Å². The van der Waals surface area contributed by atoms with E-state index < -0.39 is 17.9 Å². The van der Waals surface area contributed by atoms with Crippen LogP contribution in [0.1, 0.15) is 33.6 Å². The number of rotatable bonds is 2. The van der Waals surface area contributed by atoms with Gasteiger partial charge in [-0.15, -0.1) is 0 Å². The minimum Gasteiger partial charge on any atom is -0.465 e. The highest BCUT2D eigenvalue weighted by Gasteiger charge is 2.22. The standard InChI is InChI=1S/C22H34O8/c1-15-8-6-10-20(23)28-12-17(3)22(25)30-14-19(27-5)16(2)9-7-11-21(24)29-13-18(15)26-4/h6-9,15-19H,10-14H2,1-5H3/b8-6+,9-7+/t15-,16-,17-,18-,19-/m0/s1. The van der Waals surface area contributed by atoms with E-state index in [1.807, 2.05) is 26.0 Å². The van der Waals surface area contributed by atoms with E-state index in [1.54, 1.807) is 26.2 Å². The Morgan fingerprint density at radius 3 is 1.63 bits per heavy atom. The monoisotopic (exact) mass is 426 g/mol. The lowest BCUT2D eigenvalue weighted by atomic mass is 10.0. The Morgan fingerprint density at radius 2 is 1.17 bits per heavy atom. The highest BCUT2D eigenvalue weighted by molar-refractivity contribution is 5.74. The van der Waals surface area contributed by atoms with Crippen molar-refractivity contribution in [2.75, 3.05) is 34.0 Å². The van der Waals surface area contributed by atoms with Gasteiger partial charge in [0.2, 0.25) is 0 Å². The third-order valence-electron chi connectivity index (χ3n) is 4.92. The summed E-state index contributed by atoms with van der Waals surface area (Å²) < 4.78 is 26.5. The fraction of sp³-hybridized carbons (Fsp3) is 0.682. The van der Waals surface area contributed by atoms with E-state index in [0.717, 1.165) is 0 Å². The normalized spacial score (nSPS) is 33.0. The van der Waals surface area contributed by atoms with Crippen LogP contribution in [-0.4, -0.2) is 64.2 Å². The first-order valence-corrected chi connectivity index (χ1v) is 10.1. The van der Waals surface area contributed by atoms with Crippen molar-refractivity contribution in [3.63, 3.8) is 0 Å². The average molecular weight is 427 g/mol. The van der Waals surface area contributed by atoms with Gasteiger partial charge in [-0.3, -0.25) is 14.4 Å². The number of hydrogen-bond donors (Lipinski definition) is 0. The molecule has 0 N–H and O–H groups in total. The molecular weight excluding hydrogens is 392 g/mol. The van der Waals surface area contributed by atoms with Crippen LogP contribution in [0.15, 0.2) is 24.3 Å². The van der Waals surface area contributed by atoms with Crippen molar-refractivity contribution in [2.45, 2.75) is 45.8 Å². The largest absolute Gasteiger partial charge is 0.465 e. The van der Waals surface area contributed by atoms with Gasteiger partial charge in [0.1, 0.15) is 19.8 Å². The smallest absolute Gasteiger partial charge is 0.312 e. The van der Waals surface area contributed by atoms with E-state index >= 15 is 0 Å². The molecule has 1 aliphatic heterocycles. The van der Waals surface area contributed by atoms with Crippen LogP contribution in [0.5, 0.6) is 0 Å². The quantitative estimate of drug-likeness (QED) is 0.377. The van der Waals surface area contributed by atoms with Crippen LogP contribution in [0.4, 0.5) is 0 Å². The zero-order valence-electron chi connectivity index (χ0n) is 18.5. The molecule has 0 radical (unpaired) electrons. The average Bonchev–Trinajstić information content (AvgIpc) is 2.72. The predicted molar refractivity (Wildman–Crippen MR) is 109 cm³/mol. The zero-order valence-corrected chi connectivity index (χ0v) is 18.5. The summed E-state index contributed by atoms with van der Waals surface area (Å²) in [6.07, 6.45) is 6.51. The molecule has 0 aromatic rings. The highest BCUT2D eigenvalue weighted by atomic mass is 16.6. The third-order valence-corrected chi connectivity index (χ3v) is 4.92. The Balaban J connectivity index is 2.86. The molecule has 0 aromatic heterocycles. The number of esters is 3. The Morgan fingerprint density at radius 1 is 0.733 bits per heavy atom. The van der Waals surface area contributed by atoms with Crippen molar-refractivity contribution in [3.8, 4) is 0 Å². The summed E-state index contributed by atoms with van der Waals surface area (Å²) in [5.74, 6) is -2.03. The van der Waals surface area contributed by atoms with Gasteiger partial charge in [-0.05, 0) is 6.92 Å². The van der Waals surface area contributed by atoms with Gasteiger partial charge >= 0.3 is 17.9 Å². The zero-order chi connectivity index (χ0) is 22.5. The Hall–Kier alpha value is -2.19. The van der Waals surface area contributed by atoms with E-state index in [1.165, 1.54) is 7.11 Å². The first-order chi connectivity index (χ1) is 14.3. The second-order valence-electron chi connectivity index (χ2n) is 7.43. The molecule has 0 amide bonds. The second-order valence-corrected chi connectivity index (χ2v) is 7.43. The molecule has 5 atom stereocenters. The minimum atomic E-state index is -0.585. The van der Waals surface area contributed by atoms with Crippen LogP contribution in [0.3, 0.4) is 0 Å². The van der Waals surface area contributed by atoms with Crippen LogP contribution in [0, 0.1) is 17.8 Å². The molecule has 0 aromatic carbocycles.